The van der Waals surface area contributed by atoms with Gasteiger partial charge in [0.2, 0.25) is 0 Å². The predicted octanol–water partition coefficient (Wildman–Crippen LogP) is 4.95. The molecule has 0 fully saturated rings. The Bertz CT molecular complexity index is 1030. The van der Waals surface area contributed by atoms with Gasteiger partial charge in [0.25, 0.3) is 5.78 Å². The van der Waals surface area contributed by atoms with E-state index in [1.165, 1.54) is 36.0 Å². The average Bonchev–Trinajstić information content (AvgIpc) is 2.74. The quantitative estimate of drug-likeness (QED) is 0.314. The van der Waals surface area contributed by atoms with Crippen LogP contribution in [0.25, 0.3) is 0 Å². The van der Waals surface area contributed by atoms with Crippen molar-refractivity contribution in [2.45, 2.75) is 16.7 Å². The van der Waals surface area contributed by atoms with E-state index >= 15 is 0 Å². The number of ketones is 2. The van der Waals surface area contributed by atoms with E-state index in [4.69, 9.17) is 4.74 Å². The molecule has 6 heteroatoms. The number of ether oxygens (including phenoxy) is 1. The number of carbonyl (C=O) groups is 3. The molecule has 0 aliphatic rings. The molecule has 3 aromatic rings. The van der Waals surface area contributed by atoms with Crippen molar-refractivity contribution in [3.63, 3.8) is 0 Å². The first kappa shape index (κ1) is 20.5. The fourth-order valence-corrected chi connectivity index (χ4v) is 3.38. The Kier molecular flexibility index (Phi) is 6.57. The van der Waals surface area contributed by atoms with Gasteiger partial charge in [0.15, 0.2) is 5.78 Å². The third kappa shape index (κ3) is 5.18. The van der Waals surface area contributed by atoms with Crippen molar-refractivity contribution in [3.8, 4) is 0 Å². The Labute approximate surface area is 171 Å². The lowest BCUT2D eigenvalue weighted by Crippen LogP contribution is -2.17. The lowest BCUT2D eigenvalue weighted by Gasteiger charge is -2.06. The van der Waals surface area contributed by atoms with Gasteiger partial charge in [0.05, 0.1) is 6.61 Å². The molecule has 146 valence electrons. The Balaban J connectivity index is 1.66. The van der Waals surface area contributed by atoms with Crippen LogP contribution in [0.3, 0.4) is 0 Å². The first-order chi connectivity index (χ1) is 14.0. The normalized spacial score (nSPS) is 10.4. The topological polar surface area (TPSA) is 60.4 Å². The molecule has 0 aromatic heterocycles. The molecular weight excluding hydrogens is 391 g/mol. The molecular formula is C23H17FO4S. The van der Waals surface area contributed by atoms with E-state index in [1.54, 1.807) is 43.3 Å². The Morgan fingerprint density at radius 1 is 0.759 bits per heavy atom. The van der Waals surface area contributed by atoms with E-state index in [-0.39, 0.29) is 23.8 Å². The minimum absolute atomic E-state index is 0.151. The van der Waals surface area contributed by atoms with Crippen molar-refractivity contribution in [2.24, 2.45) is 0 Å². The molecule has 4 nitrogen and oxygen atoms in total. The monoisotopic (exact) mass is 408 g/mol. The second-order valence-electron chi connectivity index (χ2n) is 6.04. The largest absolute Gasteiger partial charge is 0.460 e. The number of hydrogen-bond acceptors (Lipinski definition) is 5. The summed E-state index contributed by atoms with van der Waals surface area (Å²) in [5.41, 5.74) is 1.21. The highest BCUT2D eigenvalue weighted by Crippen LogP contribution is 2.28. The Morgan fingerprint density at radius 3 is 1.69 bits per heavy atom. The van der Waals surface area contributed by atoms with Gasteiger partial charge in [-0.1, -0.05) is 11.8 Å². The van der Waals surface area contributed by atoms with Crippen molar-refractivity contribution in [3.05, 3.63) is 95.3 Å². The molecule has 0 spiro atoms. The lowest BCUT2D eigenvalue weighted by molar-refractivity contribution is -0.137. The summed E-state index contributed by atoms with van der Waals surface area (Å²) >= 11 is 1.46. The summed E-state index contributed by atoms with van der Waals surface area (Å²) < 4.78 is 17.7. The van der Waals surface area contributed by atoms with E-state index in [2.05, 4.69) is 0 Å². The van der Waals surface area contributed by atoms with E-state index in [1.807, 2.05) is 12.1 Å². The van der Waals surface area contributed by atoms with Gasteiger partial charge in [-0.3, -0.25) is 9.59 Å². The molecule has 0 amide bonds. The maximum absolute atomic E-state index is 13.0. The molecule has 0 heterocycles. The second kappa shape index (κ2) is 9.30. The van der Waals surface area contributed by atoms with Gasteiger partial charge in [-0.15, -0.1) is 0 Å². The zero-order valence-electron chi connectivity index (χ0n) is 15.6. The van der Waals surface area contributed by atoms with E-state index < -0.39 is 11.8 Å². The molecule has 3 rings (SSSR count). The predicted molar refractivity (Wildman–Crippen MR) is 108 cm³/mol. The molecule has 0 atom stereocenters. The first-order valence-corrected chi connectivity index (χ1v) is 9.69. The summed E-state index contributed by atoms with van der Waals surface area (Å²) in [7, 11) is 0. The highest BCUT2D eigenvalue weighted by Gasteiger charge is 2.17. The van der Waals surface area contributed by atoms with Crippen molar-refractivity contribution in [1.82, 2.24) is 0 Å². The standard InChI is InChI=1S/C23H17FO4S/c1-2-28-23(27)22(26)17-7-13-20(14-8-17)29-19-11-5-16(6-12-19)21(25)15-3-9-18(24)10-4-15/h3-14H,2H2,1H3. The summed E-state index contributed by atoms with van der Waals surface area (Å²) in [6.07, 6.45) is 0. The molecule has 3 aromatic carbocycles. The third-order valence-corrected chi connectivity index (χ3v) is 5.05. The minimum Gasteiger partial charge on any atom is -0.460 e. The molecule has 0 radical (unpaired) electrons. The van der Waals surface area contributed by atoms with Gasteiger partial charge < -0.3 is 4.74 Å². The van der Waals surface area contributed by atoms with Crippen LogP contribution >= 0.6 is 11.8 Å². The number of halogens is 1. The first-order valence-electron chi connectivity index (χ1n) is 8.87. The maximum Gasteiger partial charge on any atom is 0.379 e. The van der Waals surface area contributed by atoms with Crippen LogP contribution in [0.1, 0.15) is 33.2 Å². The van der Waals surface area contributed by atoms with Gasteiger partial charge in [-0.25, -0.2) is 9.18 Å². The van der Waals surface area contributed by atoms with Crippen LogP contribution in [0.4, 0.5) is 4.39 Å². The van der Waals surface area contributed by atoms with Crippen LogP contribution in [-0.2, 0) is 9.53 Å². The maximum atomic E-state index is 13.0. The summed E-state index contributed by atoms with van der Waals surface area (Å²) in [4.78, 5) is 37.6. The zero-order valence-corrected chi connectivity index (χ0v) is 16.4. The Hall–Kier alpha value is -3.25. The Morgan fingerprint density at radius 2 is 1.21 bits per heavy atom. The van der Waals surface area contributed by atoms with Crippen molar-refractivity contribution in [2.75, 3.05) is 6.61 Å². The minimum atomic E-state index is -0.866. The third-order valence-electron chi connectivity index (χ3n) is 4.04. The molecule has 0 unspecified atom stereocenters. The second-order valence-corrected chi connectivity index (χ2v) is 7.18. The van der Waals surface area contributed by atoms with Gasteiger partial charge in [-0.05, 0) is 79.7 Å². The molecule has 0 saturated heterocycles. The van der Waals surface area contributed by atoms with Gasteiger partial charge >= 0.3 is 5.97 Å². The number of rotatable bonds is 7. The lowest BCUT2D eigenvalue weighted by atomic mass is 10.0. The highest BCUT2D eigenvalue weighted by atomic mass is 32.2. The van der Waals surface area contributed by atoms with E-state index in [9.17, 15) is 18.8 Å². The number of Topliss-reactive ketones (excluding diaryl/α,β-unsaturated/α-hetero) is 1. The molecule has 0 saturated carbocycles. The molecule has 0 N–H and O–H groups in total. The zero-order chi connectivity index (χ0) is 20.8. The molecule has 0 bridgehead atoms. The molecule has 0 aliphatic heterocycles. The van der Waals surface area contributed by atoms with Gasteiger partial charge in [-0.2, -0.15) is 0 Å². The fourth-order valence-electron chi connectivity index (χ4n) is 2.57. The van der Waals surface area contributed by atoms with Crippen molar-refractivity contribution < 1.29 is 23.5 Å². The average molecular weight is 408 g/mol. The van der Waals surface area contributed by atoms with Crippen molar-refractivity contribution >= 4 is 29.3 Å². The SMILES string of the molecule is CCOC(=O)C(=O)c1ccc(Sc2ccc(C(=O)c3ccc(F)cc3)cc2)cc1. The van der Waals surface area contributed by atoms with Crippen LogP contribution in [0.2, 0.25) is 0 Å². The summed E-state index contributed by atoms with van der Waals surface area (Å²) in [5.74, 6) is -2.10. The van der Waals surface area contributed by atoms with Crippen LogP contribution in [0.15, 0.2) is 82.6 Å². The number of carbonyl (C=O) groups excluding carboxylic acids is 3. The van der Waals surface area contributed by atoms with Gasteiger partial charge in [0, 0.05) is 26.5 Å². The van der Waals surface area contributed by atoms with Gasteiger partial charge in [0.1, 0.15) is 5.82 Å². The number of hydrogen-bond donors (Lipinski definition) is 0. The summed E-state index contributed by atoms with van der Waals surface area (Å²) in [6, 6.07) is 19.1. The molecule has 0 aliphatic carbocycles. The van der Waals surface area contributed by atoms with E-state index in [0.717, 1.165) is 9.79 Å². The summed E-state index contributed by atoms with van der Waals surface area (Å²) in [5, 5.41) is 0. The smallest absolute Gasteiger partial charge is 0.379 e. The summed E-state index contributed by atoms with van der Waals surface area (Å²) in [6.45, 7) is 1.79. The fraction of sp³-hybridized carbons (Fsp3) is 0.0870. The number of benzene rings is 3. The van der Waals surface area contributed by atoms with Crippen molar-refractivity contribution in [1.29, 1.82) is 0 Å². The number of esters is 1. The van der Waals surface area contributed by atoms with Crippen LogP contribution in [-0.4, -0.2) is 24.1 Å². The molecule has 29 heavy (non-hydrogen) atoms. The van der Waals surface area contributed by atoms with E-state index in [0.29, 0.717) is 11.1 Å². The van der Waals surface area contributed by atoms with Crippen LogP contribution in [0.5, 0.6) is 0 Å². The van der Waals surface area contributed by atoms with Crippen LogP contribution in [0, 0.1) is 5.82 Å². The highest BCUT2D eigenvalue weighted by molar-refractivity contribution is 7.99. The van der Waals surface area contributed by atoms with Crippen LogP contribution < -0.4 is 0 Å².